The Labute approximate surface area is 104 Å². The fourth-order valence-corrected chi connectivity index (χ4v) is 1.92. The van der Waals surface area contributed by atoms with E-state index in [1.165, 1.54) is 0 Å². The Kier molecular flexibility index (Phi) is 7.01. The molecule has 4 nitrogen and oxygen atoms in total. The maximum Gasteiger partial charge on any atom is 0.409 e. The van der Waals surface area contributed by atoms with Crippen molar-refractivity contribution in [3.05, 3.63) is 0 Å². The molecule has 1 fully saturated rings. The van der Waals surface area contributed by atoms with Crippen LogP contribution < -0.4 is 0 Å². The highest BCUT2D eigenvalue weighted by Gasteiger charge is 2.16. The summed E-state index contributed by atoms with van der Waals surface area (Å²) in [6, 6.07) is 0. The molecule has 1 aliphatic heterocycles. The highest BCUT2D eigenvalue weighted by atomic mass is 16.6. The predicted octanol–water partition coefficient (Wildman–Crippen LogP) is 2.67. The Morgan fingerprint density at radius 2 is 2.12 bits per heavy atom. The van der Waals surface area contributed by atoms with Crippen LogP contribution in [0.4, 0.5) is 4.79 Å². The molecule has 0 aliphatic carbocycles. The van der Waals surface area contributed by atoms with Gasteiger partial charge in [0, 0.05) is 26.8 Å². The summed E-state index contributed by atoms with van der Waals surface area (Å²) in [4.78, 5) is 13.3. The maximum absolute atomic E-state index is 11.6. The van der Waals surface area contributed by atoms with Crippen LogP contribution in [0.1, 0.15) is 39.0 Å². The van der Waals surface area contributed by atoms with Crippen LogP contribution in [-0.2, 0) is 9.47 Å². The number of rotatable bonds is 6. The lowest BCUT2D eigenvalue weighted by Crippen LogP contribution is -2.30. The monoisotopic (exact) mass is 243 g/mol. The molecule has 4 heteroatoms. The average molecular weight is 243 g/mol. The van der Waals surface area contributed by atoms with Crippen LogP contribution in [0.3, 0.4) is 0 Å². The highest BCUT2D eigenvalue weighted by molar-refractivity contribution is 5.67. The van der Waals surface area contributed by atoms with E-state index in [4.69, 9.17) is 9.47 Å². The highest BCUT2D eigenvalue weighted by Crippen LogP contribution is 2.18. The number of hydrogen-bond acceptors (Lipinski definition) is 3. The van der Waals surface area contributed by atoms with Gasteiger partial charge in [-0.1, -0.05) is 13.3 Å². The summed E-state index contributed by atoms with van der Waals surface area (Å²) in [6.45, 7) is 5.15. The van der Waals surface area contributed by atoms with E-state index in [2.05, 4.69) is 6.92 Å². The van der Waals surface area contributed by atoms with Gasteiger partial charge in [0.1, 0.15) is 0 Å². The number of carbonyl (C=O) groups is 1. The second kappa shape index (κ2) is 8.34. The van der Waals surface area contributed by atoms with Crippen molar-refractivity contribution in [3.63, 3.8) is 0 Å². The number of amides is 1. The zero-order valence-corrected chi connectivity index (χ0v) is 11.1. The summed E-state index contributed by atoms with van der Waals surface area (Å²) in [5.41, 5.74) is 0. The second-order valence-electron chi connectivity index (χ2n) is 4.73. The Bertz CT molecular complexity index is 215. The van der Waals surface area contributed by atoms with Crippen molar-refractivity contribution in [3.8, 4) is 0 Å². The summed E-state index contributed by atoms with van der Waals surface area (Å²) >= 11 is 0. The first-order chi connectivity index (χ1) is 8.24. The van der Waals surface area contributed by atoms with Crippen molar-refractivity contribution in [1.29, 1.82) is 0 Å². The Balaban J connectivity index is 2.10. The first kappa shape index (κ1) is 14.3. The zero-order chi connectivity index (χ0) is 12.5. The molecule has 0 bridgehead atoms. The normalized spacial score (nSPS) is 16.8. The van der Waals surface area contributed by atoms with Crippen molar-refractivity contribution in [2.75, 3.05) is 33.4 Å². The van der Waals surface area contributed by atoms with Crippen LogP contribution in [0.15, 0.2) is 0 Å². The molecule has 0 aromatic rings. The molecular formula is C13H25NO3. The molecule has 0 aromatic heterocycles. The number of nitrogens with zero attached hydrogens (tertiary/aromatic N) is 1. The topological polar surface area (TPSA) is 38.8 Å². The van der Waals surface area contributed by atoms with Gasteiger partial charge in [-0.2, -0.15) is 0 Å². The Morgan fingerprint density at radius 3 is 2.76 bits per heavy atom. The molecule has 0 atom stereocenters. The van der Waals surface area contributed by atoms with Gasteiger partial charge in [-0.3, -0.25) is 0 Å². The van der Waals surface area contributed by atoms with Gasteiger partial charge in [0.25, 0.3) is 0 Å². The van der Waals surface area contributed by atoms with E-state index in [9.17, 15) is 4.79 Å². The van der Waals surface area contributed by atoms with E-state index in [1.807, 2.05) is 7.05 Å². The Hall–Kier alpha value is -0.770. The lowest BCUT2D eigenvalue weighted by atomic mass is 9.96. The van der Waals surface area contributed by atoms with Crippen LogP contribution in [0, 0.1) is 5.92 Å². The number of unbranched alkanes of at least 4 members (excludes halogenated alkanes) is 1. The third kappa shape index (κ3) is 5.91. The number of carbonyl (C=O) groups excluding carboxylic acids is 1. The van der Waals surface area contributed by atoms with E-state index in [0.717, 1.165) is 51.9 Å². The average Bonchev–Trinajstić information content (AvgIpc) is 2.37. The fourth-order valence-electron chi connectivity index (χ4n) is 1.92. The van der Waals surface area contributed by atoms with Crippen molar-refractivity contribution in [1.82, 2.24) is 4.90 Å². The lowest BCUT2D eigenvalue weighted by Gasteiger charge is -2.24. The van der Waals surface area contributed by atoms with Crippen LogP contribution >= 0.6 is 0 Å². The molecule has 17 heavy (non-hydrogen) atoms. The third-order valence-electron chi connectivity index (χ3n) is 3.25. The summed E-state index contributed by atoms with van der Waals surface area (Å²) in [7, 11) is 1.81. The molecule has 0 spiro atoms. The van der Waals surface area contributed by atoms with Crippen LogP contribution in [0.25, 0.3) is 0 Å². The van der Waals surface area contributed by atoms with E-state index >= 15 is 0 Å². The van der Waals surface area contributed by atoms with E-state index in [0.29, 0.717) is 12.5 Å². The third-order valence-corrected chi connectivity index (χ3v) is 3.25. The molecule has 0 radical (unpaired) electrons. The van der Waals surface area contributed by atoms with Gasteiger partial charge in [0.2, 0.25) is 0 Å². The second-order valence-corrected chi connectivity index (χ2v) is 4.73. The van der Waals surface area contributed by atoms with E-state index in [1.54, 1.807) is 4.90 Å². The molecular weight excluding hydrogens is 218 g/mol. The fraction of sp³-hybridized carbons (Fsp3) is 0.923. The van der Waals surface area contributed by atoms with Gasteiger partial charge in [0.15, 0.2) is 0 Å². The quantitative estimate of drug-likeness (QED) is 0.673. The number of hydrogen-bond donors (Lipinski definition) is 0. The van der Waals surface area contributed by atoms with E-state index < -0.39 is 0 Å². The smallest absolute Gasteiger partial charge is 0.409 e. The predicted molar refractivity (Wildman–Crippen MR) is 67.0 cm³/mol. The van der Waals surface area contributed by atoms with Gasteiger partial charge in [-0.15, -0.1) is 0 Å². The largest absolute Gasteiger partial charge is 0.449 e. The van der Waals surface area contributed by atoms with Gasteiger partial charge in [-0.05, 0) is 31.6 Å². The molecule has 100 valence electrons. The number of ether oxygens (including phenoxy) is 2. The first-order valence-corrected chi connectivity index (χ1v) is 6.69. The summed E-state index contributed by atoms with van der Waals surface area (Å²) in [5, 5.41) is 0. The van der Waals surface area contributed by atoms with Crippen molar-refractivity contribution in [2.24, 2.45) is 5.92 Å². The molecule has 1 amide bonds. The van der Waals surface area contributed by atoms with E-state index in [-0.39, 0.29) is 6.09 Å². The minimum Gasteiger partial charge on any atom is -0.449 e. The van der Waals surface area contributed by atoms with Gasteiger partial charge < -0.3 is 14.4 Å². The van der Waals surface area contributed by atoms with Crippen molar-refractivity contribution < 1.29 is 14.3 Å². The molecule has 1 heterocycles. The summed E-state index contributed by atoms with van der Waals surface area (Å²) in [5.74, 6) is 0.703. The molecule has 0 aromatic carbocycles. The van der Waals surface area contributed by atoms with Crippen molar-refractivity contribution >= 4 is 6.09 Å². The van der Waals surface area contributed by atoms with Crippen LogP contribution in [0.2, 0.25) is 0 Å². The molecule has 0 N–H and O–H groups in total. The molecule has 1 aliphatic rings. The van der Waals surface area contributed by atoms with Gasteiger partial charge >= 0.3 is 6.09 Å². The molecule has 1 rings (SSSR count). The molecule has 0 saturated carbocycles. The minimum absolute atomic E-state index is 0.189. The van der Waals surface area contributed by atoms with Crippen LogP contribution in [0.5, 0.6) is 0 Å². The zero-order valence-electron chi connectivity index (χ0n) is 11.1. The molecule has 0 unspecified atom stereocenters. The van der Waals surface area contributed by atoms with Gasteiger partial charge in [0.05, 0.1) is 6.61 Å². The minimum atomic E-state index is -0.189. The van der Waals surface area contributed by atoms with Crippen molar-refractivity contribution in [2.45, 2.75) is 39.0 Å². The van der Waals surface area contributed by atoms with Crippen LogP contribution in [-0.4, -0.2) is 44.4 Å². The lowest BCUT2D eigenvalue weighted by molar-refractivity contribution is 0.0592. The first-order valence-electron chi connectivity index (χ1n) is 6.69. The maximum atomic E-state index is 11.6. The standard InChI is InChI=1S/C13H25NO3/c1-3-4-9-17-13(15)14(2)8-5-12-6-10-16-11-7-12/h12H,3-11H2,1-2H3. The molecule has 1 saturated heterocycles. The summed E-state index contributed by atoms with van der Waals surface area (Å²) in [6.07, 6.45) is 5.12. The van der Waals surface area contributed by atoms with Gasteiger partial charge in [-0.25, -0.2) is 4.79 Å². The Morgan fingerprint density at radius 1 is 1.41 bits per heavy atom. The summed E-state index contributed by atoms with van der Waals surface area (Å²) < 4.78 is 10.5. The SMILES string of the molecule is CCCCOC(=O)N(C)CCC1CCOCC1.